The van der Waals surface area contributed by atoms with Crippen molar-refractivity contribution in [2.24, 2.45) is 5.92 Å². The van der Waals surface area contributed by atoms with Crippen molar-refractivity contribution in [2.75, 3.05) is 25.5 Å². The number of rotatable bonds is 5. The largest absolute Gasteiger partial charge is 0.355 e. The van der Waals surface area contributed by atoms with Crippen molar-refractivity contribution in [1.29, 1.82) is 0 Å². The number of hydrogen-bond donors (Lipinski definition) is 3. The molecule has 0 spiro atoms. The van der Waals surface area contributed by atoms with Crippen LogP contribution in [0, 0.1) is 12.8 Å². The van der Waals surface area contributed by atoms with Gasteiger partial charge in [-0.15, -0.1) is 0 Å². The molecule has 0 aliphatic carbocycles. The highest BCUT2D eigenvalue weighted by atomic mass is 16.2. The molecular formula is C16H23N3O2. The Morgan fingerprint density at radius 1 is 1.38 bits per heavy atom. The summed E-state index contributed by atoms with van der Waals surface area (Å²) in [6.45, 7) is 3.99. The minimum Gasteiger partial charge on any atom is -0.355 e. The second kappa shape index (κ2) is 7.22. The Kier molecular flexibility index (Phi) is 5.33. The fraction of sp³-hybridized carbons (Fsp3) is 0.500. The van der Waals surface area contributed by atoms with Crippen LogP contribution in [0.2, 0.25) is 0 Å². The molecule has 1 unspecified atom stereocenters. The minimum atomic E-state index is -0.150. The first-order chi connectivity index (χ1) is 10.1. The Morgan fingerprint density at radius 3 is 2.86 bits per heavy atom. The molecule has 0 aromatic heterocycles. The topological polar surface area (TPSA) is 70.2 Å². The van der Waals surface area contributed by atoms with Crippen LogP contribution in [-0.2, 0) is 4.79 Å². The van der Waals surface area contributed by atoms with Gasteiger partial charge in [-0.3, -0.25) is 9.59 Å². The van der Waals surface area contributed by atoms with Crippen LogP contribution in [0.5, 0.6) is 0 Å². The van der Waals surface area contributed by atoms with E-state index in [1.54, 1.807) is 19.2 Å². The average Bonchev–Trinajstić information content (AvgIpc) is 3.00. The van der Waals surface area contributed by atoms with E-state index in [9.17, 15) is 9.59 Å². The molecule has 5 heteroatoms. The fourth-order valence-corrected chi connectivity index (χ4v) is 2.55. The highest BCUT2D eigenvalue weighted by molar-refractivity contribution is 5.97. The third kappa shape index (κ3) is 4.29. The predicted molar refractivity (Wildman–Crippen MR) is 83.4 cm³/mol. The van der Waals surface area contributed by atoms with Crippen LogP contribution in [0.4, 0.5) is 5.69 Å². The Hall–Kier alpha value is -1.88. The number of anilines is 1. The van der Waals surface area contributed by atoms with Gasteiger partial charge in [0.15, 0.2) is 0 Å². The summed E-state index contributed by atoms with van der Waals surface area (Å²) in [5, 5.41) is 8.80. The van der Waals surface area contributed by atoms with Crippen molar-refractivity contribution in [3.05, 3.63) is 29.3 Å². The summed E-state index contributed by atoms with van der Waals surface area (Å²) in [5.41, 5.74) is 2.22. The molecule has 0 radical (unpaired) electrons. The highest BCUT2D eigenvalue weighted by Crippen LogP contribution is 2.19. The quantitative estimate of drug-likeness (QED) is 0.772. The van der Waals surface area contributed by atoms with Gasteiger partial charge in [-0.05, 0) is 56.5 Å². The maximum atomic E-state index is 12.0. The monoisotopic (exact) mass is 289 g/mol. The maximum Gasteiger partial charge on any atom is 0.251 e. The fourth-order valence-electron chi connectivity index (χ4n) is 2.55. The molecular weight excluding hydrogens is 266 g/mol. The molecule has 114 valence electrons. The second-order valence-corrected chi connectivity index (χ2v) is 5.55. The van der Waals surface area contributed by atoms with Crippen molar-refractivity contribution < 1.29 is 9.59 Å². The maximum absolute atomic E-state index is 12.0. The van der Waals surface area contributed by atoms with Crippen molar-refractivity contribution in [3.63, 3.8) is 0 Å². The number of nitrogens with one attached hydrogen (secondary N) is 3. The third-order valence-electron chi connectivity index (χ3n) is 3.94. The van der Waals surface area contributed by atoms with Crippen molar-refractivity contribution >= 4 is 17.5 Å². The molecule has 2 rings (SSSR count). The molecule has 5 nitrogen and oxygen atoms in total. The smallest absolute Gasteiger partial charge is 0.251 e. The van der Waals surface area contributed by atoms with Gasteiger partial charge in [0.25, 0.3) is 5.91 Å². The summed E-state index contributed by atoms with van der Waals surface area (Å²) in [4.78, 5) is 23.7. The zero-order valence-corrected chi connectivity index (χ0v) is 12.7. The van der Waals surface area contributed by atoms with Gasteiger partial charge in [0.05, 0.1) is 0 Å². The summed E-state index contributed by atoms with van der Waals surface area (Å²) < 4.78 is 0. The van der Waals surface area contributed by atoms with Crippen molar-refractivity contribution in [1.82, 2.24) is 10.6 Å². The number of aryl methyl sites for hydroxylation is 1. The summed E-state index contributed by atoms with van der Waals surface area (Å²) >= 11 is 0. The number of carbonyl (C=O) groups excluding carboxylic acids is 2. The molecule has 1 aliphatic rings. The molecule has 1 atom stereocenters. The normalized spacial score (nSPS) is 17.5. The Balaban J connectivity index is 1.94. The molecule has 21 heavy (non-hydrogen) atoms. The number of hydrogen-bond acceptors (Lipinski definition) is 3. The molecule has 1 aromatic rings. The van der Waals surface area contributed by atoms with Gasteiger partial charge >= 0.3 is 0 Å². The summed E-state index contributed by atoms with van der Waals surface area (Å²) in [7, 11) is 1.59. The lowest BCUT2D eigenvalue weighted by atomic mass is 10.0. The number of carbonyl (C=O) groups is 2. The second-order valence-electron chi connectivity index (χ2n) is 5.55. The van der Waals surface area contributed by atoms with E-state index in [-0.39, 0.29) is 11.8 Å². The average molecular weight is 289 g/mol. The molecule has 0 bridgehead atoms. The van der Waals surface area contributed by atoms with Crippen LogP contribution in [0.25, 0.3) is 0 Å². The number of amides is 2. The first kappa shape index (κ1) is 15.5. The lowest BCUT2D eigenvalue weighted by Gasteiger charge is -2.11. The lowest BCUT2D eigenvalue weighted by molar-refractivity contribution is -0.116. The molecule has 1 aliphatic heterocycles. The molecule has 1 saturated heterocycles. The summed E-state index contributed by atoms with van der Waals surface area (Å²) in [6, 6.07) is 5.33. The SMILES string of the molecule is CNC(=O)c1ccc(C)c(NC(=O)CCC2CCNC2)c1. The van der Waals surface area contributed by atoms with Crippen LogP contribution < -0.4 is 16.0 Å². The van der Waals surface area contributed by atoms with Crippen molar-refractivity contribution in [3.8, 4) is 0 Å². The van der Waals surface area contributed by atoms with E-state index in [2.05, 4.69) is 16.0 Å². The van der Waals surface area contributed by atoms with E-state index in [0.29, 0.717) is 23.6 Å². The Bertz CT molecular complexity index is 522. The van der Waals surface area contributed by atoms with Gasteiger partial charge in [-0.2, -0.15) is 0 Å². The van der Waals surface area contributed by atoms with Gasteiger partial charge in [-0.25, -0.2) is 0 Å². The zero-order chi connectivity index (χ0) is 15.2. The van der Waals surface area contributed by atoms with Gasteiger partial charge in [0, 0.05) is 24.7 Å². The van der Waals surface area contributed by atoms with E-state index < -0.39 is 0 Å². The van der Waals surface area contributed by atoms with E-state index >= 15 is 0 Å². The highest BCUT2D eigenvalue weighted by Gasteiger charge is 2.16. The van der Waals surface area contributed by atoms with Crippen LogP contribution in [-0.4, -0.2) is 32.0 Å². The summed E-state index contributed by atoms with van der Waals surface area (Å²) in [6.07, 6.45) is 2.58. The van der Waals surface area contributed by atoms with Gasteiger partial charge in [-0.1, -0.05) is 6.07 Å². The van der Waals surface area contributed by atoms with E-state index in [4.69, 9.17) is 0 Å². The van der Waals surface area contributed by atoms with Gasteiger partial charge in [0.2, 0.25) is 5.91 Å². The molecule has 3 N–H and O–H groups in total. The van der Waals surface area contributed by atoms with Crippen molar-refractivity contribution in [2.45, 2.75) is 26.2 Å². The predicted octanol–water partition coefficient (Wildman–Crippen LogP) is 1.68. The standard InChI is InChI=1S/C16H23N3O2/c1-11-3-5-13(16(21)17-2)9-14(11)19-15(20)6-4-12-7-8-18-10-12/h3,5,9,12,18H,4,6-8,10H2,1-2H3,(H,17,21)(H,19,20). The van der Waals surface area contributed by atoms with Crippen LogP contribution in [0.3, 0.4) is 0 Å². The Morgan fingerprint density at radius 2 is 2.19 bits per heavy atom. The molecule has 1 aromatic carbocycles. The van der Waals surface area contributed by atoms with E-state index in [0.717, 1.165) is 31.5 Å². The van der Waals surface area contributed by atoms with Crippen LogP contribution in [0.1, 0.15) is 35.2 Å². The molecule has 0 saturated carbocycles. The zero-order valence-electron chi connectivity index (χ0n) is 12.7. The lowest BCUT2D eigenvalue weighted by Crippen LogP contribution is -2.19. The minimum absolute atomic E-state index is 0.0130. The van der Waals surface area contributed by atoms with E-state index in [1.807, 2.05) is 13.0 Å². The van der Waals surface area contributed by atoms with E-state index in [1.165, 1.54) is 0 Å². The molecule has 1 fully saturated rings. The van der Waals surface area contributed by atoms with Gasteiger partial charge in [0.1, 0.15) is 0 Å². The van der Waals surface area contributed by atoms with Crippen LogP contribution >= 0.6 is 0 Å². The summed E-state index contributed by atoms with van der Waals surface area (Å²) in [5.74, 6) is 0.468. The first-order valence-electron chi connectivity index (χ1n) is 7.43. The third-order valence-corrected chi connectivity index (χ3v) is 3.94. The molecule has 1 heterocycles. The number of benzene rings is 1. The first-order valence-corrected chi connectivity index (χ1v) is 7.43. The van der Waals surface area contributed by atoms with Gasteiger partial charge < -0.3 is 16.0 Å². The molecule has 2 amide bonds. The Labute approximate surface area is 125 Å². The van der Waals surface area contributed by atoms with Crippen LogP contribution in [0.15, 0.2) is 18.2 Å².